The van der Waals surface area contributed by atoms with Crippen molar-refractivity contribution >= 4 is 11.8 Å². The van der Waals surface area contributed by atoms with E-state index in [0.29, 0.717) is 11.3 Å². The highest BCUT2D eigenvalue weighted by atomic mass is 16.5. The van der Waals surface area contributed by atoms with Crippen molar-refractivity contribution in [1.29, 1.82) is 0 Å². The van der Waals surface area contributed by atoms with Gasteiger partial charge in [-0.05, 0) is 50.0 Å². The molecule has 0 unspecified atom stereocenters. The molecule has 0 aliphatic carbocycles. The van der Waals surface area contributed by atoms with Crippen LogP contribution in [0.3, 0.4) is 0 Å². The SMILES string of the molecule is COC(=O)C1CCN(CCc2ccc(OCC(=O)c3ccccc3)cc2)CC1. The van der Waals surface area contributed by atoms with Crippen LogP contribution in [0.2, 0.25) is 0 Å². The van der Waals surface area contributed by atoms with Crippen molar-refractivity contribution in [1.82, 2.24) is 4.90 Å². The average molecular weight is 381 g/mol. The largest absolute Gasteiger partial charge is 0.485 e. The minimum atomic E-state index is -0.0824. The van der Waals surface area contributed by atoms with Crippen molar-refractivity contribution in [2.75, 3.05) is 33.4 Å². The third-order valence-corrected chi connectivity index (χ3v) is 5.23. The normalized spacial score (nSPS) is 15.2. The molecule has 5 heteroatoms. The Morgan fingerprint density at radius 2 is 1.68 bits per heavy atom. The molecule has 28 heavy (non-hydrogen) atoms. The number of likely N-dealkylation sites (tertiary alicyclic amines) is 1. The summed E-state index contributed by atoms with van der Waals surface area (Å²) in [4.78, 5) is 26.1. The Kier molecular flexibility index (Phi) is 7.20. The smallest absolute Gasteiger partial charge is 0.308 e. The van der Waals surface area contributed by atoms with Gasteiger partial charge in [0, 0.05) is 12.1 Å². The number of esters is 1. The number of piperidine rings is 1. The van der Waals surface area contributed by atoms with E-state index in [-0.39, 0.29) is 24.3 Å². The Balaban J connectivity index is 1.40. The number of ketones is 1. The number of methoxy groups -OCH3 is 1. The van der Waals surface area contributed by atoms with Crippen LogP contribution in [0.1, 0.15) is 28.8 Å². The Labute approximate surface area is 166 Å². The lowest BCUT2D eigenvalue weighted by atomic mass is 9.97. The van der Waals surface area contributed by atoms with E-state index in [1.54, 1.807) is 12.1 Å². The Bertz CT molecular complexity index is 765. The van der Waals surface area contributed by atoms with Gasteiger partial charge in [0.2, 0.25) is 0 Å². The third-order valence-electron chi connectivity index (χ3n) is 5.23. The Morgan fingerprint density at radius 1 is 1.00 bits per heavy atom. The van der Waals surface area contributed by atoms with Crippen LogP contribution in [0.25, 0.3) is 0 Å². The zero-order valence-electron chi connectivity index (χ0n) is 16.3. The maximum atomic E-state index is 12.1. The summed E-state index contributed by atoms with van der Waals surface area (Å²) in [6.45, 7) is 2.88. The standard InChI is InChI=1S/C23H27NO4/c1-27-23(26)20-12-15-24(16-13-20)14-11-18-7-9-21(10-8-18)28-17-22(25)19-5-3-2-4-6-19/h2-10,20H,11-17H2,1H3. The van der Waals surface area contributed by atoms with Crippen LogP contribution in [0.4, 0.5) is 0 Å². The summed E-state index contributed by atoms with van der Waals surface area (Å²) in [5.41, 5.74) is 1.90. The fraction of sp³-hybridized carbons (Fsp3) is 0.391. The number of ether oxygens (including phenoxy) is 2. The first-order valence-corrected chi connectivity index (χ1v) is 9.76. The van der Waals surface area contributed by atoms with Crippen molar-refractivity contribution < 1.29 is 19.1 Å². The quantitative estimate of drug-likeness (QED) is 0.518. The molecule has 0 spiro atoms. The molecule has 1 aliphatic rings. The maximum absolute atomic E-state index is 12.1. The lowest BCUT2D eigenvalue weighted by molar-refractivity contribution is -0.147. The van der Waals surface area contributed by atoms with Crippen molar-refractivity contribution in [3.8, 4) is 5.75 Å². The van der Waals surface area contributed by atoms with Crippen LogP contribution in [0.15, 0.2) is 54.6 Å². The average Bonchev–Trinajstić information content (AvgIpc) is 2.77. The highest BCUT2D eigenvalue weighted by Crippen LogP contribution is 2.19. The van der Waals surface area contributed by atoms with E-state index < -0.39 is 0 Å². The Morgan fingerprint density at radius 3 is 2.32 bits per heavy atom. The molecule has 0 aromatic heterocycles. The zero-order valence-corrected chi connectivity index (χ0v) is 16.3. The molecule has 2 aromatic rings. The summed E-state index contributed by atoms with van der Waals surface area (Å²) in [6, 6.07) is 17.1. The molecule has 3 rings (SSSR count). The second-order valence-corrected chi connectivity index (χ2v) is 7.11. The number of carbonyl (C=O) groups is 2. The molecule has 0 amide bonds. The van der Waals surface area contributed by atoms with Crippen molar-refractivity contribution in [2.45, 2.75) is 19.3 Å². The monoisotopic (exact) mass is 381 g/mol. The van der Waals surface area contributed by atoms with E-state index in [0.717, 1.165) is 38.9 Å². The number of benzene rings is 2. The first-order chi connectivity index (χ1) is 13.7. The number of nitrogens with zero attached hydrogens (tertiary/aromatic N) is 1. The van der Waals surface area contributed by atoms with Gasteiger partial charge < -0.3 is 14.4 Å². The van der Waals surface area contributed by atoms with E-state index in [9.17, 15) is 9.59 Å². The van der Waals surface area contributed by atoms with Gasteiger partial charge >= 0.3 is 5.97 Å². The van der Waals surface area contributed by atoms with Gasteiger partial charge in [-0.25, -0.2) is 0 Å². The lowest BCUT2D eigenvalue weighted by Gasteiger charge is -2.30. The van der Waals surface area contributed by atoms with Crippen molar-refractivity contribution in [2.24, 2.45) is 5.92 Å². The van der Waals surface area contributed by atoms with Crippen molar-refractivity contribution in [3.63, 3.8) is 0 Å². The van der Waals surface area contributed by atoms with Crippen LogP contribution >= 0.6 is 0 Å². The molecular formula is C23H27NO4. The van der Waals surface area contributed by atoms with Gasteiger partial charge in [0.1, 0.15) is 5.75 Å². The summed E-state index contributed by atoms with van der Waals surface area (Å²) in [5.74, 6) is 0.643. The number of hydrogen-bond acceptors (Lipinski definition) is 5. The molecular weight excluding hydrogens is 354 g/mol. The van der Waals surface area contributed by atoms with Gasteiger partial charge in [-0.1, -0.05) is 42.5 Å². The molecule has 1 aliphatic heterocycles. The minimum Gasteiger partial charge on any atom is -0.485 e. The predicted octanol–water partition coefficient (Wildman–Crippen LogP) is 3.38. The number of Topliss-reactive ketones (excluding diaryl/α,β-unsaturated/α-hetero) is 1. The molecule has 148 valence electrons. The first-order valence-electron chi connectivity index (χ1n) is 9.76. The first kappa shape index (κ1) is 20.1. The maximum Gasteiger partial charge on any atom is 0.308 e. The molecule has 0 saturated carbocycles. The fourth-order valence-electron chi connectivity index (χ4n) is 3.45. The van der Waals surface area contributed by atoms with Crippen LogP contribution < -0.4 is 4.74 Å². The minimum absolute atomic E-state index is 0.0277. The van der Waals surface area contributed by atoms with Gasteiger partial charge in [-0.3, -0.25) is 9.59 Å². The van der Waals surface area contributed by atoms with E-state index >= 15 is 0 Å². The highest BCUT2D eigenvalue weighted by molar-refractivity contribution is 5.97. The second-order valence-electron chi connectivity index (χ2n) is 7.11. The summed E-state index contributed by atoms with van der Waals surface area (Å²) >= 11 is 0. The van der Waals surface area contributed by atoms with Crippen molar-refractivity contribution in [3.05, 3.63) is 65.7 Å². The Hall–Kier alpha value is -2.66. The second kappa shape index (κ2) is 10.0. The zero-order chi connectivity index (χ0) is 19.8. The molecule has 5 nitrogen and oxygen atoms in total. The van der Waals surface area contributed by atoms with Gasteiger partial charge in [-0.15, -0.1) is 0 Å². The molecule has 0 radical (unpaired) electrons. The van der Waals surface area contributed by atoms with Crippen LogP contribution in [0.5, 0.6) is 5.75 Å². The van der Waals surface area contributed by atoms with Gasteiger partial charge in [-0.2, -0.15) is 0 Å². The van der Waals surface area contributed by atoms with Crippen LogP contribution in [-0.4, -0.2) is 50.0 Å². The predicted molar refractivity (Wildman–Crippen MR) is 108 cm³/mol. The van der Waals surface area contributed by atoms with Gasteiger partial charge in [0.25, 0.3) is 0 Å². The molecule has 1 fully saturated rings. The summed E-state index contributed by atoms with van der Waals surface area (Å²) in [5, 5.41) is 0. The van der Waals surface area contributed by atoms with Gasteiger partial charge in [0.15, 0.2) is 12.4 Å². The molecule has 0 N–H and O–H groups in total. The van der Waals surface area contributed by atoms with E-state index in [2.05, 4.69) is 4.90 Å². The molecule has 2 aromatic carbocycles. The number of hydrogen-bond donors (Lipinski definition) is 0. The third kappa shape index (κ3) is 5.67. The van der Waals surface area contributed by atoms with Crippen LogP contribution in [-0.2, 0) is 16.0 Å². The molecule has 0 bridgehead atoms. The number of carbonyl (C=O) groups excluding carboxylic acids is 2. The van der Waals surface area contributed by atoms with E-state index in [1.165, 1.54) is 12.7 Å². The lowest BCUT2D eigenvalue weighted by Crippen LogP contribution is -2.37. The van der Waals surface area contributed by atoms with E-state index in [4.69, 9.17) is 9.47 Å². The van der Waals surface area contributed by atoms with Crippen LogP contribution in [0, 0.1) is 5.92 Å². The highest BCUT2D eigenvalue weighted by Gasteiger charge is 2.25. The summed E-state index contributed by atoms with van der Waals surface area (Å²) in [7, 11) is 1.46. The summed E-state index contributed by atoms with van der Waals surface area (Å²) in [6.07, 6.45) is 2.69. The summed E-state index contributed by atoms with van der Waals surface area (Å²) < 4.78 is 10.4. The number of rotatable bonds is 8. The van der Waals surface area contributed by atoms with Gasteiger partial charge in [0.05, 0.1) is 13.0 Å². The molecule has 0 atom stereocenters. The fourth-order valence-corrected chi connectivity index (χ4v) is 3.45. The topological polar surface area (TPSA) is 55.8 Å². The molecule has 1 heterocycles. The molecule has 1 saturated heterocycles. The van der Waals surface area contributed by atoms with E-state index in [1.807, 2.05) is 42.5 Å².